The summed E-state index contributed by atoms with van der Waals surface area (Å²) < 4.78 is 33.6. The topological polar surface area (TPSA) is 63.7 Å². The Balaban J connectivity index is 1.80. The minimum Gasteiger partial charge on any atom is -0.451 e. The molecule has 2 aromatic carbocycles. The van der Waals surface area contributed by atoms with Gasteiger partial charge in [-0.05, 0) is 24.6 Å². The Bertz CT molecular complexity index is 945. The highest BCUT2D eigenvalue weighted by atomic mass is 127. The molecule has 0 spiro atoms. The summed E-state index contributed by atoms with van der Waals surface area (Å²) in [6, 6.07) is 15.8. The molecule has 0 aromatic heterocycles. The first-order valence-corrected chi connectivity index (χ1v) is 11.0. The van der Waals surface area contributed by atoms with Crippen LogP contribution in [0.4, 0.5) is 0 Å². The summed E-state index contributed by atoms with van der Waals surface area (Å²) in [5, 5.41) is 0. The number of halogens is 1. The molecule has 2 unspecified atom stereocenters. The van der Waals surface area contributed by atoms with Crippen LogP contribution in [-0.2, 0) is 25.2 Å². The molecular weight excluding hydrogens is 465 g/mol. The molecule has 0 aliphatic carbocycles. The van der Waals surface area contributed by atoms with E-state index < -0.39 is 21.7 Å². The van der Waals surface area contributed by atoms with Crippen LogP contribution >= 0.6 is 22.6 Å². The van der Waals surface area contributed by atoms with Gasteiger partial charge in [0, 0.05) is 0 Å². The van der Waals surface area contributed by atoms with Crippen molar-refractivity contribution in [1.82, 2.24) is 4.31 Å². The molecule has 0 saturated carbocycles. The van der Waals surface area contributed by atoms with Gasteiger partial charge in [-0.2, -0.15) is 4.31 Å². The summed E-state index contributed by atoms with van der Waals surface area (Å²) in [5.74, 6) is -0.353. The van der Waals surface area contributed by atoms with Crippen LogP contribution in [0.1, 0.15) is 17.5 Å². The molecule has 136 valence electrons. The highest BCUT2D eigenvalue weighted by Crippen LogP contribution is 2.50. The van der Waals surface area contributed by atoms with Gasteiger partial charge in [-0.25, -0.2) is 8.42 Å². The first-order valence-electron chi connectivity index (χ1n) is 8.34. The van der Waals surface area contributed by atoms with Gasteiger partial charge in [0.15, 0.2) is 5.60 Å². The molecule has 2 aliphatic heterocycles. The number of rotatable bonds is 3. The van der Waals surface area contributed by atoms with Crippen molar-refractivity contribution in [3.63, 3.8) is 0 Å². The Morgan fingerprint density at radius 1 is 1.12 bits per heavy atom. The molecule has 5 nitrogen and oxygen atoms in total. The number of alkyl halides is 1. The number of hydrogen-bond acceptors (Lipinski definition) is 4. The molecule has 2 aliphatic rings. The second kappa shape index (κ2) is 6.31. The van der Waals surface area contributed by atoms with Gasteiger partial charge in [0.25, 0.3) is 0 Å². The van der Waals surface area contributed by atoms with Crippen molar-refractivity contribution in [3.8, 4) is 0 Å². The minimum atomic E-state index is -3.72. The predicted octanol–water partition coefficient (Wildman–Crippen LogP) is 3.01. The van der Waals surface area contributed by atoms with E-state index in [-0.39, 0.29) is 27.8 Å². The van der Waals surface area contributed by atoms with Gasteiger partial charge in [-0.1, -0.05) is 70.6 Å². The Morgan fingerprint density at radius 3 is 2.42 bits per heavy atom. The smallest absolute Gasteiger partial charge is 0.308 e. The number of aryl methyl sites for hydroxylation is 1. The van der Waals surface area contributed by atoms with Crippen LogP contribution in [0.2, 0.25) is 0 Å². The van der Waals surface area contributed by atoms with E-state index in [2.05, 4.69) is 22.6 Å². The molecule has 2 heterocycles. The van der Waals surface area contributed by atoms with Gasteiger partial charge < -0.3 is 4.74 Å². The van der Waals surface area contributed by atoms with Crippen molar-refractivity contribution in [2.45, 2.75) is 33.8 Å². The summed E-state index contributed by atoms with van der Waals surface area (Å²) in [6.07, 6.45) is 0.0767. The van der Waals surface area contributed by atoms with Crippen LogP contribution < -0.4 is 0 Å². The molecule has 2 fully saturated rings. The van der Waals surface area contributed by atoms with Crippen molar-refractivity contribution in [2.24, 2.45) is 0 Å². The van der Waals surface area contributed by atoms with E-state index in [1.807, 2.05) is 37.3 Å². The van der Waals surface area contributed by atoms with Crippen molar-refractivity contribution in [2.75, 3.05) is 6.54 Å². The van der Waals surface area contributed by atoms with E-state index in [9.17, 15) is 13.2 Å². The molecule has 2 saturated heterocycles. The fourth-order valence-corrected chi connectivity index (χ4v) is 6.95. The third-order valence-electron chi connectivity index (χ3n) is 5.11. The zero-order valence-electron chi connectivity index (χ0n) is 14.1. The summed E-state index contributed by atoms with van der Waals surface area (Å²) in [5.41, 5.74) is 0.883. The molecule has 0 radical (unpaired) electrons. The third-order valence-corrected chi connectivity index (χ3v) is 8.83. The van der Waals surface area contributed by atoms with Gasteiger partial charge in [0.1, 0.15) is 0 Å². The van der Waals surface area contributed by atoms with E-state index in [1.54, 1.807) is 24.3 Å². The molecule has 2 bridgehead atoms. The molecule has 3 atom stereocenters. The lowest BCUT2D eigenvalue weighted by Gasteiger charge is -2.36. The summed E-state index contributed by atoms with van der Waals surface area (Å²) in [4.78, 5) is 12.5. The lowest BCUT2D eigenvalue weighted by Crippen LogP contribution is -2.47. The zero-order chi connectivity index (χ0) is 18.5. The quantitative estimate of drug-likeness (QED) is 0.383. The molecule has 7 heteroatoms. The second-order valence-electron chi connectivity index (χ2n) is 6.77. The zero-order valence-corrected chi connectivity index (χ0v) is 17.1. The maximum atomic E-state index is 13.3. The first-order chi connectivity index (χ1) is 12.3. The number of carbonyl (C=O) groups excluding carboxylic acids is 1. The first kappa shape index (κ1) is 17.9. The van der Waals surface area contributed by atoms with Gasteiger partial charge in [-0.15, -0.1) is 0 Å². The van der Waals surface area contributed by atoms with Gasteiger partial charge >= 0.3 is 5.97 Å². The average molecular weight is 483 g/mol. The van der Waals surface area contributed by atoms with Crippen LogP contribution in [-0.4, -0.2) is 35.2 Å². The Kier molecular flexibility index (Phi) is 4.36. The van der Waals surface area contributed by atoms with Crippen molar-refractivity contribution < 1.29 is 17.9 Å². The van der Waals surface area contributed by atoms with E-state index >= 15 is 0 Å². The molecular formula is C19H18INO4S. The van der Waals surface area contributed by atoms with Gasteiger partial charge in [0.05, 0.1) is 27.8 Å². The van der Waals surface area contributed by atoms with Crippen LogP contribution in [0.5, 0.6) is 0 Å². The Morgan fingerprint density at radius 2 is 1.77 bits per heavy atom. The number of fused-ring (bicyclic) bond motifs is 2. The van der Waals surface area contributed by atoms with Crippen molar-refractivity contribution in [1.29, 1.82) is 0 Å². The van der Waals surface area contributed by atoms with E-state index in [1.165, 1.54) is 4.31 Å². The van der Waals surface area contributed by atoms with Crippen LogP contribution in [0.3, 0.4) is 0 Å². The van der Waals surface area contributed by atoms with Gasteiger partial charge in [-0.3, -0.25) is 4.79 Å². The normalized spacial score (nSPS) is 28.8. The third kappa shape index (κ3) is 2.68. The molecule has 26 heavy (non-hydrogen) atoms. The van der Waals surface area contributed by atoms with E-state index in [0.29, 0.717) is 0 Å². The average Bonchev–Trinajstić information content (AvgIpc) is 2.80. The minimum absolute atomic E-state index is 0.0767. The number of carbonyl (C=O) groups is 1. The fraction of sp³-hybridized carbons (Fsp3) is 0.316. The van der Waals surface area contributed by atoms with Crippen molar-refractivity contribution >= 4 is 38.6 Å². The molecule has 4 rings (SSSR count). The monoisotopic (exact) mass is 483 g/mol. The fourth-order valence-electron chi connectivity index (χ4n) is 3.74. The second-order valence-corrected chi connectivity index (χ2v) is 10.00. The summed E-state index contributed by atoms with van der Waals surface area (Å²) in [7, 11) is -3.72. The van der Waals surface area contributed by atoms with Crippen LogP contribution in [0, 0.1) is 6.92 Å². The predicted molar refractivity (Wildman–Crippen MR) is 105 cm³/mol. The number of ether oxygens (including phenoxy) is 1. The SMILES string of the molecule is Cc1ccc(S(=O)(=O)N2CC3(c4ccccc4)OC(=O)CC2[C@@H]3I)cc1. The summed E-state index contributed by atoms with van der Waals surface area (Å²) in [6.45, 7) is 2.05. The standard InChI is InChI=1S/C19H18INO4S/c1-13-7-9-15(10-8-13)26(23,24)21-12-19(14-5-3-2-4-6-14)18(20)16(21)11-17(22)25-19/h2-10,16,18H,11-12H2,1H3/t16?,18-,19?/m0/s1. The largest absolute Gasteiger partial charge is 0.451 e. The number of esters is 1. The molecule has 0 N–H and O–H groups in total. The lowest BCUT2D eigenvalue weighted by molar-refractivity contribution is -0.162. The number of hydrogen-bond donors (Lipinski definition) is 0. The summed E-state index contributed by atoms with van der Waals surface area (Å²) >= 11 is 2.23. The number of sulfonamides is 1. The van der Waals surface area contributed by atoms with E-state index in [4.69, 9.17) is 4.74 Å². The highest BCUT2D eigenvalue weighted by Gasteiger charge is 2.62. The molecule has 0 amide bonds. The number of benzene rings is 2. The Labute approximate surface area is 166 Å². The van der Waals surface area contributed by atoms with E-state index in [0.717, 1.165) is 11.1 Å². The van der Waals surface area contributed by atoms with Crippen LogP contribution in [0.25, 0.3) is 0 Å². The number of nitrogens with zero attached hydrogens (tertiary/aromatic N) is 1. The van der Waals surface area contributed by atoms with Gasteiger partial charge in [0.2, 0.25) is 10.0 Å². The molecule has 2 aromatic rings. The Hall–Kier alpha value is -1.45. The maximum Gasteiger partial charge on any atom is 0.308 e. The lowest BCUT2D eigenvalue weighted by atomic mass is 9.88. The van der Waals surface area contributed by atoms with Crippen LogP contribution in [0.15, 0.2) is 59.5 Å². The highest BCUT2D eigenvalue weighted by molar-refractivity contribution is 14.1. The van der Waals surface area contributed by atoms with Crippen molar-refractivity contribution in [3.05, 3.63) is 65.7 Å². The maximum absolute atomic E-state index is 13.3.